The Bertz CT molecular complexity index is 253. The van der Waals surface area contributed by atoms with E-state index in [0.29, 0.717) is 5.15 Å². The maximum Gasteiger partial charge on any atom is 0.148 e. The molecule has 0 aliphatic carbocycles. The van der Waals surface area contributed by atoms with Crippen molar-refractivity contribution >= 4 is 11.6 Å². The summed E-state index contributed by atoms with van der Waals surface area (Å²) in [6.45, 7) is 2.19. The van der Waals surface area contributed by atoms with Gasteiger partial charge in [-0.1, -0.05) is 11.6 Å². The number of piperidine rings is 1. The van der Waals surface area contributed by atoms with E-state index in [0.717, 1.165) is 13.1 Å². The molecule has 1 aromatic heterocycles. The lowest BCUT2D eigenvalue weighted by atomic mass is 10.2. The molecular weight excluding hydrogens is 174 g/mol. The zero-order chi connectivity index (χ0) is 8.39. The molecule has 1 aliphatic heterocycles. The molecule has 3 nitrogen and oxygen atoms in total. The average molecular weight is 186 g/mol. The standard InChI is InChI=1S/C8H12ClN3/c9-8-6-10-7-12(8)11-4-2-1-3-5-11/h6-7H,1-5H2. The Morgan fingerprint density at radius 1 is 1.25 bits per heavy atom. The topological polar surface area (TPSA) is 21.1 Å². The molecule has 0 spiro atoms. The zero-order valence-electron chi connectivity index (χ0n) is 6.91. The van der Waals surface area contributed by atoms with Gasteiger partial charge in [-0.15, -0.1) is 0 Å². The predicted molar refractivity (Wildman–Crippen MR) is 49.0 cm³/mol. The van der Waals surface area contributed by atoms with Gasteiger partial charge in [-0.25, -0.2) is 9.66 Å². The number of nitrogens with zero attached hydrogens (tertiary/aromatic N) is 3. The third-order valence-corrected chi connectivity index (χ3v) is 2.48. The summed E-state index contributed by atoms with van der Waals surface area (Å²) in [6.07, 6.45) is 7.30. The molecule has 66 valence electrons. The van der Waals surface area contributed by atoms with Gasteiger partial charge in [0.25, 0.3) is 0 Å². The van der Waals surface area contributed by atoms with Crippen molar-refractivity contribution < 1.29 is 0 Å². The van der Waals surface area contributed by atoms with Crippen LogP contribution in [0.4, 0.5) is 0 Å². The lowest BCUT2D eigenvalue weighted by molar-refractivity contribution is 0.478. The highest BCUT2D eigenvalue weighted by Gasteiger charge is 2.11. The van der Waals surface area contributed by atoms with Gasteiger partial charge in [-0.3, -0.25) is 0 Å². The van der Waals surface area contributed by atoms with Crippen LogP contribution in [-0.4, -0.2) is 22.7 Å². The summed E-state index contributed by atoms with van der Waals surface area (Å²) in [4.78, 5) is 3.99. The number of aromatic nitrogens is 2. The molecule has 0 aromatic carbocycles. The van der Waals surface area contributed by atoms with Crippen molar-refractivity contribution in [3.63, 3.8) is 0 Å². The highest BCUT2D eigenvalue weighted by atomic mass is 35.5. The fraction of sp³-hybridized carbons (Fsp3) is 0.625. The molecule has 0 unspecified atom stereocenters. The van der Waals surface area contributed by atoms with Crippen molar-refractivity contribution in [3.8, 4) is 0 Å². The van der Waals surface area contributed by atoms with E-state index in [-0.39, 0.29) is 0 Å². The maximum atomic E-state index is 5.93. The minimum Gasteiger partial charge on any atom is -0.311 e. The first-order valence-electron chi connectivity index (χ1n) is 4.31. The third kappa shape index (κ3) is 1.41. The number of imidazole rings is 1. The summed E-state index contributed by atoms with van der Waals surface area (Å²) in [7, 11) is 0. The van der Waals surface area contributed by atoms with Crippen LogP contribution in [0.5, 0.6) is 0 Å². The summed E-state index contributed by atoms with van der Waals surface area (Å²) in [5.74, 6) is 0. The molecule has 4 heteroatoms. The van der Waals surface area contributed by atoms with Crippen LogP contribution in [0.15, 0.2) is 12.5 Å². The van der Waals surface area contributed by atoms with Crippen molar-refractivity contribution in [3.05, 3.63) is 17.7 Å². The second-order valence-corrected chi connectivity index (χ2v) is 3.46. The molecule has 0 bridgehead atoms. The monoisotopic (exact) mass is 185 g/mol. The third-order valence-electron chi connectivity index (χ3n) is 2.21. The largest absolute Gasteiger partial charge is 0.311 e. The van der Waals surface area contributed by atoms with Crippen molar-refractivity contribution in [2.45, 2.75) is 19.3 Å². The molecule has 1 aromatic rings. The zero-order valence-corrected chi connectivity index (χ0v) is 7.67. The second kappa shape index (κ2) is 3.35. The Hall–Kier alpha value is -0.700. The van der Waals surface area contributed by atoms with Crippen molar-refractivity contribution in [2.24, 2.45) is 0 Å². The molecule has 1 saturated heterocycles. The van der Waals surface area contributed by atoms with Crippen LogP contribution in [0.2, 0.25) is 5.15 Å². The van der Waals surface area contributed by atoms with Gasteiger partial charge >= 0.3 is 0 Å². The number of halogens is 1. The SMILES string of the molecule is Clc1cncn1N1CCCCC1. The van der Waals surface area contributed by atoms with Crippen LogP contribution < -0.4 is 5.01 Å². The van der Waals surface area contributed by atoms with Crippen LogP contribution in [-0.2, 0) is 0 Å². The van der Waals surface area contributed by atoms with E-state index in [4.69, 9.17) is 11.6 Å². The van der Waals surface area contributed by atoms with E-state index in [2.05, 4.69) is 9.99 Å². The molecule has 2 rings (SSSR count). The fourth-order valence-corrected chi connectivity index (χ4v) is 1.78. The molecule has 0 saturated carbocycles. The van der Waals surface area contributed by atoms with E-state index in [9.17, 15) is 0 Å². The summed E-state index contributed by atoms with van der Waals surface area (Å²) in [6, 6.07) is 0. The van der Waals surface area contributed by atoms with Gasteiger partial charge in [0.1, 0.15) is 11.5 Å². The summed E-state index contributed by atoms with van der Waals surface area (Å²) in [5, 5.41) is 2.94. The predicted octanol–water partition coefficient (Wildman–Crippen LogP) is 1.66. The molecule has 1 aliphatic rings. The number of hydrogen-bond acceptors (Lipinski definition) is 2. The Morgan fingerprint density at radius 3 is 2.58 bits per heavy atom. The van der Waals surface area contributed by atoms with E-state index >= 15 is 0 Å². The van der Waals surface area contributed by atoms with Gasteiger partial charge in [0, 0.05) is 13.1 Å². The minimum absolute atomic E-state index is 0.705. The maximum absolute atomic E-state index is 5.93. The normalized spacial score (nSPS) is 18.2. The van der Waals surface area contributed by atoms with Crippen LogP contribution >= 0.6 is 11.6 Å². The van der Waals surface area contributed by atoms with E-state index in [1.807, 2.05) is 4.68 Å². The molecule has 12 heavy (non-hydrogen) atoms. The van der Waals surface area contributed by atoms with E-state index in [1.165, 1.54) is 19.3 Å². The fourth-order valence-electron chi connectivity index (χ4n) is 1.57. The van der Waals surface area contributed by atoms with Crippen LogP contribution in [0.1, 0.15) is 19.3 Å². The Labute approximate surface area is 76.9 Å². The van der Waals surface area contributed by atoms with Gasteiger partial charge in [0.15, 0.2) is 0 Å². The van der Waals surface area contributed by atoms with Crippen LogP contribution in [0.25, 0.3) is 0 Å². The van der Waals surface area contributed by atoms with Crippen molar-refractivity contribution in [1.29, 1.82) is 0 Å². The van der Waals surface area contributed by atoms with Gasteiger partial charge in [-0.05, 0) is 19.3 Å². The Kier molecular flexibility index (Phi) is 2.21. The summed E-state index contributed by atoms with van der Waals surface area (Å²) >= 11 is 5.93. The van der Waals surface area contributed by atoms with Crippen molar-refractivity contribution in [1.82, 2.24) is 9.66 Å². The van der Waals surface area contributed by atoms with E-state index < -0.39 is 0 Å². The van der Waals surface area contributed by atoms with Crippen LogP contribution in [0, 0.1) is 0 Å². The summed E-state index contributed by atoms with van der Waals surface area (Å²) in [5.41, 5.74) is 0. The first-order chi connectivity index (χ1) is 5.88. The highest BCUT2D eigenvalue weighted by Crippen LogP contribution is 2.12. The first kappa shape index (κ1) is 7.92. The van der Waals surface area contributed by atoms with Gasteiger partial charge < -0.3 is 5.01 Å². The van der Waals surface area contributed by atoms with E-state index in [1.54, 1.807) is 12.5 Å². The number of hydrogen-bond donors (Lipinski definition) is 0. The molecular formula is C8H12ClN3. The second-order valence-electron chi connectivity index (χ2n) is 3.08. The molecule has 0 atom stereocenters. The minimum atomic E-state index is 0.705. The Morgan fingerprint density at radius 2 is 2.00 bits per heavy atom. The first-order valence-corrected chi connectivity index (χ1v) is 4.69. The lowest BCUT2D eigenvalue weighted by Crippen LogP contribution is -2.38. The van der Waals surface area contributed by atoms with Crippen LogP contribution in [0.3, 0.4) is 0 Å². The van der Waals surface area contributed by atoms with Gasteiger partial charge in [0.2, 0.25) is 0 Å². The average Bonchev–Trinajstić information content (AvgIpc) is 2.53. The van der Waals surface area contributed by atoms with Gasteiger partial charge in [0.05, 0.1) is 6.20 Å². The van der Waals surface area contributed by atoms with Gasteiger partial charge in [-0.2, -0.15) is 0 Å². The smallest absolute Gasteiger partial charge is 0.148 e. The molecule has 0 radical (unpaired) electrons. The summed E-state index contributed by atoms with van der Waals surface area (Å²) < 4.78 is 1.93. The molecule has 0 amide bonds. The molecule has 1 fully saturated rings. The highest BCUT2D eigenvalue weighted by molar-refractivity contribution is 6.29. The molecule has 0 N–H and O–H groups in total. The lowest BCUT2D eigenvalue weighted by Gasteiger charge is -2.29. The molecule has 2 heterocycles. The van der Waals surface area contributed by atoms with Crippen molar-refractivity contribution in [2.75, 3.05) is 18.1 Å². The number of rotatable bonds is 1. The quantitative estimate of drug-likeness (QED) is 0.664. The Balaban J connectivity index is 2.13.